The third kappa shape index (κ3) is 7.14. The second kappa shape index (κ2) is 12.7. The van der Waals surface area contributed by atoms with E-state index >= 15 is 0 Å². The molecule has 1 amide bonds. The highest BCUT2D eigenvalue weighted by Gasteiger charge is 2.23. The van der Waals surface area contributed by atoms with Gasteiger partial charge in [-0.15, -0.1) is 0 Å². The van der Waals surface area contributed by atoms with Crippen LogP contribution in [0.15, 0.2) is 73.1 Å². The number of carbonyl (C=O) groups is 2. The van der Waals surface area contributed by atoms with Crippen LogP contribution in [0.4, 0.5) is 0 Å². The number of rotatable bonds is 9. The Morgan fingerprint density at radius 3 is 2.40 bits per heavy atom. The number of pyridine rings is 2. The number of esters is 1. The summed E-state index contributed by atoms with van der Waals surface area (Å²) in [6, 6.07) is 19.0. The zero-order chi connectivity index (χ0) is 29.7. The molecule has 7 nitrogen and oxygen atoms in total. The van der Waals surface area contributed by atoms with Crippen molar-refractivity contribution in [3.8, 4) is 11.5 Å². The summed E-state index contributed by atoms with van der Waals surface area (Å²) in [5.41, 5.74) is 3.26. The first-order valence-electron chi connectivity index (χ1n) is 14.7. The molecule has 1 saturated carbocycles. The summed E-state index contributed by atoms with van der Waals surface area (Å²) in [5.74, 6) is 1.28. The topological polar surface area (TPSA) is 90.4 Å². The second-order valence-electron chi connectivity index (χ2n) is 12.2. The molecular weight excluding hydrogens is 526 g/mol. The highest BCUT2D eigenvalue weighted by Crippen LogP contribution is 2.33. The minimum absolute atomic E-state index is 0.00607. The maximum Gasteiger partial charge on any atom is 0.307 e. The first-order valence-corrected chi connectivity index (χ1v) is 14.7. The second-order valence-corrected chi connectivity index (χ2v) is 12.2. The fourth-order valence-electron chi connectivity index (χ4n) is 5.60. The van der Waals surface area contributed by atoms with Crippen LogP contribution in [0.5, 0.6) is 11.5 Å². The normalized spacial score (nSPS) is 14.5. The molecule has 1 unspecified atom stereocenters. The van der Waals surface area contributed by atoms with Crippen LogP contribution < -0.4 is 10.1 Å². The van der Waals surface area contributed by atoms with E-state index in [0.717, 1.165) is 52.8 Å². The van der Waals surface area contributed by atoms with Gasteiger partial charge in [-0.05, 0) is 70.7 Å². The van der Waals surface area contributed by atoms with Crippen molar-refractivity contribution in [2.45, 2.75) is 70.8 Å². The Morgan fingerprint density at radius 2 is 1.74 bits per heavy atom. The molecule has 1 atom stereocenters. The number of amides is 1. The minimum Gasteiger partial charge on any atom is -0.469 e. The molecule has 7 heteroatoms. The highest BCUT2D eigenvalue weighted by atomic mass is 16.5. The van der Waals surface area contributed by atoms with Crippen LogP contribution in [-0.2, 0) is 21.4 Å². The number of methoxy groups -OCH3 is 1. The molecule has 0 bridgehead atoms. The predicted molar refractivity (Wildman–Crippen MR) is 164 cm³/mol. The predicted octanol–water partition coefficient (Wildman–Crippen LogP) is 7.49. The van der Waals surface area contributed by atoms with Crippen molar-refractivity contribution < 1.29 is 19.1 Å². The van der Waals surface area contributed by atoms with Crippen molar-refractivity contribution in [2.75, 3.05) is 7.11 Å². The maximum atomic E-state index is 13.6. The van der Waals surface area contributed by atoms with Crippen LogP contribution in [0.2, 0.25) is 0 Å². The number of aromatic nitrogens is 2. The van der Waals surface area contributed by atoms with Gasteiger partial charge in [-0.2, -0.15) is 0 Å². The third-order valence-corrected chi connectivity index (χ3v) is 8.02. The summed E-state index contributed by atoms with van der Waals surface area (Å²) >= 11 is 0. The Balaban J connectivity index is 1.45. The van der Waals surface area contributed by atoms with Crippen LogP contribution in [0.3, 0.4) is 0 Å². The van der Waals surface area contributed by atoms with Crippen LogP contribution >= 0.6 is 0 Å². The number of hydrogen-bond donors (Lipinski definition) is 1. The molecule has 1 fully saturated rings. The highest BCUT2D eigenvalue weighted by molar-refractivity contribution is 5.98. The lowest BCUT2D eigenvalue weighted by Crippen LogP contribution is -2.31. The van der Waals surface area contributed by atoms with Gasteiger partial charge >= 0.3 is 5.97 Å². The van der Waals surface area contributed by atoms with E-state index in [0.29, 0.717) is 11.6 Å². The zero-order valence-electron chi connectivity index (χ0n) is 24.9. The zero-order valence-corrected chi connectivity index (χ0v) is 24.9. The monoisotopic (exact) mass is 565 g/mol. The Morgan fingerprint density at radius 1 is 1.00 bits per heavy atom. The molecule has 1 aliphatic carbocycles. The standard InChI is InChI=1S/C35H39N3O4/c1-35(2,3)26-12-15-27(16-13-26)42-28-14-11-24-19-32(37-31(29(24)20-28)18-23-8-5-6-9-23)34(40)38-30(21-33(39)41-4)25-10-7-17-36-22-25/h7,10-17,19-20,22-23,30H,5-6,8-9,18,21H2,1-4H3,(H,38,40). The van der Waals surface area contributed by atoms with Crippen molar-refractivity contribution >= 4 is 22.6 Å². The molecule has 5 rings (SSSR count). The van der Waals surface area contributed by atoms with Crippen molar-refractivity contribution in [3.63, 3.8) is 0 Å². The van der Waals surface area contributed by atoms with Gasteiger partial charge < -0.3 is 14.8 Å². The Kier molecular flexibility index (Phi) is 8.86. The number of carbonyl (C=O) groups excluding carboxylic acids is 2. The summed E-state index contributed by atoms with van der Waals surface area (Å²) in [5, 5.41) is 4.90. The van der Waals surface area contributed by atoms with Gasteiger partial charge in [0.25, 0.3) is 5.91 Å². The Labute approximate surface area is 247 Å². The maximum absolute atomic E-state index is 13.6. The van der Waals surface area contributed by atoms with E-state index in [9.17, 15) is 9.59 Å². The van der Waals surface area contributed by atoms with E-state index in [-0.39, 0.29) is 17.7 Å². The number of benzene rings is 2. The molecule has 218 valence electrons. The first-order chi connectivity index (χ1) is 20.2. The molecule has 4 aromatic rings. The quantitative estimate of drug-likeness (QED) is 0.212. The van der Waals surface area contributed by atoms with E-state index in [1.807, 2.05) is 42.5 Å². The fourth-order valence-corrected chi connectivity index (χ4v) is 5.60. The van der Waals surface area contributed by atoms with Crippen LogP contribution in [0.1, 0.15) is 86.2 Å². The van der Waals surface area contributed by atoms with Crippen molar-refractivity contribution in [1.29, 1.82) is 0 Å². The summed E-state index contributed by atoms with van der Waals surface area (Å²) in [4.78, 5) is 34.8. The largest absolute Gasteiger partial charge is 0.469 e. The lowest BCUT2D eigenvalue weighted by atomic mass is 9.87. The Hall–Kier alpha value is -4.26. The SMILES string of the molecule is COC(=O)CC(NC(=O)c1cc2ccc(Oc3ccc(C(C)(C)C)cc3)cc2c(CC2CCCC2)n1)c1cccnc1. The van der Waals surface area contributed by atoms with Crippen LogP contribution in [-0.4, -0.2) is 29.0 Å². The van der Waals surface area contributed by atoms with Gasteiger partial charge in [0.2, 0.25) is 0 Å². The van der Waals surface area contributed by atoms with Gasteiger partial charge in [0.15, 0.2) is 0 Å². The van der Waals surface area contributed by atoms with Crippen LogP contribution in [0.25, 0.3) is 10.8 Å². The molecular formula is C35H39N3O4. The summed E-state index contributed by atoms with van der Waals surface area (Å²) in [6.45, 7) is 6.58. The average Bonchev–Trinajstić information content (AvgIpc) is 3.50. The van der Waals surface area contributed by atoms with E-state index in [2.05, 4.69) is 43.2 Å². The molecule has 0 saturated heterocycles. The van der Waals surface area contributed by atoms with Crippen molar-refractivity contribution in [1.82, 2.24) is 15.3 Å². The molecule has 42 heavy (non-hydrogen) atoms. The van der Waals surface area contributed by atoms with E-state index in [1.54, 1.807) is 18.5 Å². The van der Waals surface area contributed by atoms with E-state index in [1.165, 1.54) is 25.5 Å². The fraction of sp³-hybridized carbons (Fsp3) is 0.371. The summed E-state index contributed by atoms with van der Waals surface area (Å²) < 4.78 is 11.1. The minimum atomic E-state index is -0.588. The summed E-state index contributed by atoms with van der Waals surface area (Å²) in [6.07, 6.45) is 8.87. The molecule has 2 aromatic carbocycles. The van der Waals surface area contributed by atoms with Crippen molar-refractivity contribution in [3.05, 3.63) is 95.6 Å². The molecule has 1 N–H and O–H groups in total. The molecule has 0 spiro atoms. The van der Waals surface area contributed by atoms with Gasteiger partial charge in [-0.1, -0.05) is 70.7 Å². The number of fused-ring (bicyclic) bond motifs is 1. The molecule has 0 aliphatic heterocycles. The van der Waals surface area contributed by atoms with Crippen LogP contribution in [0, 0.1) is 5.92 Å². The first kappa shape index (κ1) is 29.2. The Bertz CT molecular complexity index is 1540. The van der Waals surface area contributed by atoms with Crippen molar-refractivity contribution in [2.24, 2.45) is 5.92 Å². The number of hydrogen-bond acceptors (Lipinski definition) is 6. The van der Waals surface area contributed by atoms with E-state index < -0.39 is 12.0 Å². The molecule has 2 heterocycles. The summed E-state index contributed by atoms with van der Waals surface area (Å²) in [7, 11) is 1.34. The van der Waals surface area contributed by atoms with Gasteiger partial charge in [-0.25, -0.2) is 4.98 Å². The average molecular weight is 566 g/mol. The molecule has 2 aromatic heterocycles. The lowest BCUT2D eigenvalue weighted by Gasteiger charge is -2.19. The van der Waals surface area contributed by atoms with Gasteiger partial charge in [0, 0.05) is 23.5 Å². The molecule has 0 radical (unpaired) electrons. The van der Waals surface area contributed by atoms with E-state index in [4.69, 9.17) is 14.5 Å². The number of ether oxygens (including phenoxy) is 2. The smallest absolute Gasteiger partial charge is 0.307 e. The number of nitrogens with one attached hydrogen (secondary N) is 1. The van der Waals surface area contributed by atoms with Gasteiger partial charge in [-0.3, -0.25) is 14.6 Å². The van der Waals surface area contributed by atoms with Gasteiger partial charge in [0.05, 0.1) is 19.6 Å². The molecule has 1 aliphatic rings. The number of nitrogens with zero attached hydrogens (tertiary/aromatic N) is 2. The lowest BCUT2D eigenvalue weighted by molar-refractivity contribution is -0.141. The van der Waals surface area contributed by atoms with Gasteiger partial charge in [0.1, 0.15) is 17.2 Å². The third-order valence-electron chi connectivity index (χ3n) is 8.02.